The zero-order valence-corrected chi connectivity index (χ0v) is 11.6. The van der Waals surface area contributed by atoms with E-state index >= 15 is 0 Å². The van der Waals surface area contributed by atoms with Crippen LogP contribution in [0.2, 0.25) is 0 Å². The minimum Gasteiger partial charge on any atom is -0.364 e. The lowest BCUT2D eigenvalue weighted by molar-refractivity contribution is 0.603. The molecule has 0 saturated carbocycles. The Morgan fingerprint density at radius 1 is 0.947 bits per heavy atom. The molecule has 0 bridgehead atoms. The van der Waals surface area contributed by atoms with Gasteiger partial charge in [-0.25, -0.2) is 4.39 Å². The highest BCUT2D eigenvalue weighted by Crippen LogP contribution is 2.33. The number of aromatic amines is 2. The summed E-state index contributed by atoms with van der Waals surface area (Å²) >= 11 is 3.40. The molecule has 0 aliphatic carbocycles. The second-order valence-electron chi connectivity index (χ2n) is 4.35. The van der Waals surface area contributed by atoms with Crippen LogP contribution in [-0.2, 0) is 0 Å². The molecule has 2 nitrogen and oxygen atoms in total. The summed E-state index contributed by atoms with van der Waals surface area (Å²) in [4.78, 5) is 6.34. The maximum atomic E-state index is 14.2. The average Bonchev–Trinajstić information content (AvgIpc) is 3.07. The lowest BCUT2D eigenvalue weighted by Crippen LogP contribution is -2.06. The second kappa shape index (κ2) is 5.05. The zero-order chi connectivity index (χ0) is 13.2. The van der Waals surface area contributed by atoms with Gasteiger partial charge in [-0.2, -0.15) is 0 Å². The summed E-state index contributed by atoms with van der Waals surface area (Å²) in [5.41, 5.74) is 2.55. The van der Waals surface area contributed by atoms with E-state index in [2.05, 4.69) is 25.9 Å². The van der Waals surface area contributed by atoms with E-state index in [9.17, 15) is 4.39 Å². The fourth-order valence-electron chi connectivity index (χ4n) is 2.29. The molecule has 4 heteroatoms. The lowest BCUT2D eigenvalue weighted by atomic mass is 9.92. The van der Waals surface area contributed by atoms with Crippen molar-refractivity contribution >= 4 is 15.9 Å². The SMILES string of the molecule is Fc1ccc(Br)cc1C(c1ccc[nH]1)c1ccc[nH]1. The van der Waals surface area contributed by atoms with E-state index in [4.69, 9.17) is 0 Å². The average molecular weight is 319 g/mol. The number of nitrogens with one attached hydrogen (secondary N) is 2. The number of halogens is 2. The summed E-state index contributed by atoms with van der Waals surface area (Å²) in [6.45, 7) is 0. The molecule has 0 fully saturated rings. The zero-order valence-electron chi connectivity index (χ0n) is 10.0. The minimum absolute atomic E-state index is 0.164. The quantitative estimate of drug-likeness (QED) is 0.716. The third kappa shape index (κ3) is 2.36. The fourth-order valence-corrected chi connectivity index (χ4v) is 2.66. The van der Waals surface area contributed by atoms with Crippen LogP contribution in [0.4, 0.5) is 4.39 Å². The van der Waals surface area contributed by atoms with Crippen LogP contribution in [0.5, 0.6) is 0 Å². The van der Waals surface area contributed by atoms with Crippen molar-refractivity contribution in [3.8, 4) is 0 Å². The van der Waals surface area contributed by atoms with Crippen molar-refractivity contribution in [3.63, 3.8) is 0 Å². The largest absolute Gasteiger partial charge is 0.364 e. The highest BCUT2D eigenvalue weighted by atomic mass is 79.9. The highest BCUT2D eigenvalue weighted by Gasteiger charge is 2.21. The molecule has 0 spiro atoms. The van der Waals surface area contributed by atoms with Gasteiger partial charge in [0.1, 0.15) is 5.82 Å². The smallest absolute Gasteiger partial charge is 0.127 e. The molecule has 3 aromatic rings. The monoisotopic (exact) mass is 318 g/mol. The third-order valence-corrected chi connectivity index (χ3v) is 3.63. The molecule has 0 radical (unpaired) electrons. The number of H-pyrrole nitrogens is 2. The molecule has 2 heterocycles. The number of hydrogen-bond donors (Lipinski definition) is 2. The van der Waals surface area contributed by atoms with Crippen LogP contribution in [0.15, 0.2) is 59.3 Å². The van der Waals surface area contributed by atoms with Crippen molar-refractivity contribution in [1.82, 2.24) is 9.97 Å². The van der Waals surface area contributed by atoms with Crippen LogP contribution in [-0.4, -0.2) is 9.97 Å². The van der Waals surface area contributed by atoms with E-state index < -0.39 is 0 Å². The molecule has 0 saturated heterocycles. The second-order valence-corrected chi connectivity index (χ2v) is 5.27. The van der Waals surface area contributed by atoms with Crippen LogP contribution in [0.25, 0.3) is 0 Å². The first-order valence-electron chi connectivity index (χ1n) is 5.97. The lowest BCUT2D eigenvalue weighted by Gasteiger charge is -2.16. The summed E-state index contributed by atoms with van der Waals surface area (Å²) in [5.74, 6) is -0.375. The Bertz CT molecular complexity index is 625. The first-order chi connectivity index (χ1) is 9.25. The Morgan fingerprint density at radius 3 is 2.11 bits per heavy atom. The Morgan fingerprint density at radius 2 is 1.58 bits per heavy atom. The van der Waals surface area contributed by atoms with E-state index in [1.807, 2.05) is 42.7 Å². The molecular weight excluding hydrogens is 307 g/mol. The summed E-state index contributed by atoms with van der Waals surface area (Å²) in [5, 5.41) is 0. The predicted octanol–water partition coefficient (Wildman–Crippen LogP) is 4.42. The first-order valence-corrected chi connectivity index (χ1v) is 6.76. The molecule has 3 rings (SSSR count). The molecule has 1 aromatic carbocycles. The number of hydrogen-bond acceptors (Lipinski definition) is 0. The summed E-state index contributed by atoms with van der Waals surface area (Å²) in [7, 11) is 0. The molecule has 0 amide bonds. The van der Waals surface area contributed by atoms with Crippen LogP contribution < -0.4 is 0 Å². The predicted molar refractivity (Wildman–Crippen MR) is 76.6 cm³/mol. The minimum atomic E-state index is -0.211. The van der Waals surface area contributed by atoms with Crippen LogP contribution in [0, 0.1) is 5.82 Å². The van der Waals surface area contributed by atoms with Crippen molar-refractivity contribution < 1.29 is 4.39 Å². The summed E-state index contributed by atoms with van der Waals surface area (Å²) < 4.78 is 15.0. The molecule has 96 valence electrons. The van der Waals surface area contributed by atoms with Gasteiger partial charge >= 0.3 is 0 Å². The molecule has 0 aliphatic heterocycles. The topological polar surface area (TPSA) is 31.6 Å². The van der Waals surface area contributed by atoms with Gasteiger partial charge in [0.05, 0.1) is 5.92 Å². The van der Waals surface area contributed by atoms with Gasteiger partial charge in [0.2, 0.25) is 0 Å². The van der Waals surface area contributed by atoms with Gasteiger partial charge in [-0.15, -0.1) is 0 Å². The van der Waals surface area contributed by atoms with E-state index in [-0.39, 0.29) is 11.7 Å². The van der Waals surface area contributed by atoms with Gasteiger partial charge < -0.3 is 9.97 Å². The standard InChI is InChI=1S/C15H12BrFN2/c16-10-5-6-12(17)11(9-10)15(13-3-1-7-18-13)14-4-2-8-19-14/h1-9,15,18-19H. The molecule has 2 N–H and O–H groups in total. The Labute approximate surface area is 118 Å². The van der Waals surface area contributed by atoms with Gasteiger partial charge in [-0.3, -0.25) is 0 Å². The van der Waals surface area contributed by atoms with Crippen molar-refractivity contribution in [2.75, 3.05) is 0 Å². The van der Waals surface area contributed by atoms with Crippen LogP contribution in [0.3, 0.4) is 0 Å². The maximum Gasteiger partial charge on any atom is 0.127 e. The number of rotatable bonds is 3. The van der Waals surface area contributed by atoms with E-state index in [0.717, 1.165) is 15.9 Å². The normalized spacial score (nSPS) is 11.1. The van der Waals surface area contributed by atoms with Gasteiger partial charge in [0.15, 0.2) is 0 Å². The van der Waals surface area contributed by atoms with E-state index in [1.54, 1.807) is 6.07 Å². The van der Waals surface area contributed by atoms with E-state index in [1.165, 1.54) is 6.07 Å². The molecule has 0 aliphatic rings. The van der Waals surface area contributed by atoms with Crippen LogP contribution >= 0.6 is 15.9 Å². The molecular formula is C15H12BrFN2. The van der Waals surface area contributed by atoms with Gasteiger partial charge in [-0.1, -0.05) is 15.9 Å². The van der Waals surface area contributed by atoms with E-state index in [0.29, 0.717) is 5.56 Å². The molecule has 0 unspecified atom stereocenters. The van der Waals surface area contributed by atoms with Crippen molar-refractivity contribution in [2.24, 2.45) is 0 Å². The van der Waals surface area contributed by atoms with Gasteiger partial charge in [0, 0.05) is 33.8 Å². The van der Waals surface area contributed by atoms with Crippen molar-refractivity contribution in [1.29, 1.82) is 0 Å². The summed E-state index contributed by atoms with van der Waals surface area (Å²) in [6.07, 6.45) is 3.70. The number of aromatic nitrogens is 2. The fraction of sp³-hybridized carbons (Fsp3) is 0.0667. The number of benzene rings is 1. The Balaban J connectivity index is 2.17. The molecule has 19 heavy (non-hydrogen) atoms. The van der Waals surface area contributed by atoms with Gasteiger partial charge in [-0.05, 0) is 42.5 Å². The molecule has 0 atom stereocenters. The highest BCUT2D eigenvalue weighted by molar-refractivity contribution is 9.10. The maximum absolute atomic E-state index is 14.2. The first kappa shape index (κ1) is 12.2. The Hall–Kier alpha value is -1.81. The third-order valence-electron chi connectivity index (χ3n) is 3.14. The van der Waals surface area contributed by atoms with Crippen molar-refractivity contribution in [2.45, 2.75) is 5.92 Å². The molecule has 2 aromatic heterocycles. The van der Waals surface area contributed by atoms with Gasteiger partial charge in [0.25, 0.3) is 0 Å². The summed E-state index contributed by atoms with van der Waals surface area (Å²) in [6, 6.07) is 12.8. The van der Waals surface area contributed by atoms with Crippen molar-refractivity contribution in [3.05, 3.63) is 82.1 Å². The Kier molecular flexibility index (Phi) is 3.25. The van der Waals surface area contributed by atoms with Crippen LogP contribution in [0.1, 0.15) is 22.9 Å².